The zero-order valence-electron chi connectivity index (χ0n) is 14.3. The second kappa shape index (κ2) is 6.20. The van der Waals surface area contributed by atoms with Gasteiger partial charge in [-0.3, -0.25) is 9.36 Å². The first-order chi connectivity index (χ1) is 12.2. The van der Waals surface area contributed by atoms with Crippen LogP contribution in [-0.4, -0.2) is 15.8 Å². The van der Waals surface area contributed by atoms with Crippen molar-refractivity contribution < 1.29 is 4.42 Å². The van der Waals surface area contributed by atoms with Crippen LogP contribution in [0.4, 0.5) is 5.95 Å². The number of furan rings is 1. The summed E-state index contributed by atoms with van der Waals surface area (Å²) in [5.74, 6) is 3.37. The van der Waals surface area contributed by atoms with Gasteiger partial charge in [0.05, 0.1) is 17.1 Å². The Bertz CT molecular complexity index is 1000. The highest BCUT2D eigenvalue weighted by atomic mass is 16.3. The van der Waals surface area contributed by atoms with E-state index < -0.39 is 0 Å². The number of nitrogens with one attached hydrogen (secondary N) is 1. The minimum Gasteiger partial charge on any atom is -0.460 e. The fourth-order valence-corrected chi connectivity index (χ4v) is 3.06. The maximum absolute atomic E-state index is 12.5. The summed E-state index contributed by atoms with van der Waals surface area (Å²) in [4.78, 5) is 17.0. The van der Waals surface area contributed by atoms with Gasteiger partial charge in [0.1, 0.15) is 11.5 Å². The summed E-state index contributed by atoms with van der Waals surface area (Å²) in [7, 11) is 0. The van der Waals surface area contributed by atoms with E-state index in [0.717, 1.165) is 5.76 Å². The molecule has 0 radical (unpaired) electrons. The molecule has 1 fully saturated rings. The molecule has 1 N–H and O–H groups in total. The standard InChI is InChI=1S/C19H20N4O2/c1-3-23-18(24)14-6-4-5-7-16(14)21-19(23)22-20-11-13-8-9-17(25-13)15-10-12(15)2/h4-9,11-12,15H,3,10H2,1-2H3,(H,21,22)/b20-11-/t12-,15+/m0/s1. The highest BCUT2D eigenvalue weighted by Gasteiger charge is 2.36. The quantitative estimate of drug-likeness (QED) is 0.571. The molecule has 0 saturated heterocycles. The van der Waals surface area contributed by atoms with Crippen molar-refractivity contribution in [3.63, 3.8) is 0 Å². The number of fused-ring (bicyclic) bond motifs is 1. The van der Waals surface area contributed by atoms with Crippen LogP contribution in [0, 0.1) is 5.92 Å². The van der Waals surface area contributed by atoms with Crippen LogP contribution in [0.3, 0.4) is 0 Å². The zero-order chi connectivity index (χ0) is 17.4. The van der Waals surface area contributed by atoms with E-state index in [4.69, 9.17) is 4.42 Å². The summed E-state index contributed by atoms with van der Waals surface area (Å²) < 4.78 is 7.36. The van der Waals surface area contributed by atoms with Crippen molar-refractivity contribution in [2.75, 3.05) is 5.43 Å². The molecule has 0 unspecified atom stereocenters. The first-order valence-corrected chi connectivity index (χ1v) is 8.55. The predicted molar refractivity (Wildman–Crippen MR) is 98.1 cm³/mol. The van der Waals surface area contributed by atoms with Crippen molar-refractivity contribution in [3.05, 3.63) is 58.3 Å². The second-order valence-corrected chi connectivity index (χ2v) is 6.43. The van der Waals surface area contributed by atoms with Crippen LogP contribution < -0.4 is 11.0 Å². The maximum atomic E-state index is 12.5. The molecule has 128 valence electrons. The first-order valence-electron chi connectivity index (χ1n) is 8.55. The molecule has 25 heavy (non-hydrogen) atoms. The molecule has 0 aliphatic heterocycles. The second-order valence-electron chi connectivity index (χ2n) is 6.43. The topological polar surface area (TPSA) is 72.4 Å². The van der Waals surface area contributed by atoms with Gasteiger partial charge in [0.2, 0.25) is 5.95 Å². The Morgan fingerprint density at radius 3 is 2.92 bits per heavy atom. The van der Waals surface area contributed by atoms with Crippen molar-refractivity contribution in [2.45, 2.75) is 32.7 Å². The highest BCUT2D eigenvalue weighted by Crippen LogP contribution is 2.47. The van der Waals surface area contributed by atoms with E-state index in [1.807, 2.05) is 37.3 Å². The van der Waals surface area contributed by atoms with Gasteiger partial charge < -0.3 is 4.42 Å². The van der Waals surface area contributed by atoms with Gasteiger partial charge in [0.15, 0.2) is 0 Å². The number of aromatic nitrogens is 2. The lowest BCUT2D eigenvalue weighted by Crippen LogP contribution is -2.23. The van der Waals surface area contributed by atoms with E-state index in [-0.39, 0.29) is 5.56 Å². The number of nitrogens with zero attached hydrogens (tertiary/aromatic N) is 3. The molecule has 0 spiro atoms. The number of hydrogen-bond acceptors (Lipinski definition) is 5. The highest BCUT2D eigenvalue weighted by molar-refractivity contribution is 5.79. The molecule has 0 bridgehead atoms. The normalized spacial score (nSPS) is 19.6. The van der Waals surface area contributed by atoms with Crippen molar-refractivity contribution in [1.29, 1.82) is 0 Å². The summed E-state index contributed by atoms with van der Waals surface area (Å²) in [5, 5.41) is 4.79. The number of hydrazone groups is 1. The molecule has 6 heteroatoms. The van der Waals surface area contributed by atoms with Gasteiger partial charge in [-0.1, -0.05) is 19.1 Å². The zero-order valence-corrected chi connectivity index (χ0v) is 14.3. The minimum atomic E-state index is -0.0752. The summed E-state index contributed by atoms with van der Waals surface area (Å²) in [6.45, 7) is 4.64. The number of hydrogen-bond donors (Lipinski definition) is 1. The molecule has 1 aliphatic rings. The molecular weight excluding hydrogens is 316 g/mol. The third kappa shape index (κ3) is 2.95. The fourth-order valence-electron chi connectivity index (χ4n) is 3.06. The number of anilines is 1. The Hall–Kier alpha value is -2.89. The van der Waals surface area contributed by atoms with Crippen molar-refractivity contribution >= 4 is 23.1 Å². The van der Waals surface area contributed by atoms with Gasteiger partial charge in [-0.15, -0.1) is 0 Å². The maximum Gasteiger partial charge on any atom is 0.262 e. The number of benzene rings is 1. The molecule has 1 saturated carbocycles. The Morgan fingerprint density at radius 1 is 1.36 bits per heavy atom. The van der Waals surface area contributed by atoms with Crippen LogP contribution in [0.5, 0.6) is 0 Å². The number of rotatable bonds is 5. The van der Waals surface area contributed by atoms with Crippen LogP contribution in [0.1, 0.15) is 37.7 Å². The predicted octanol–water partition coefficient (Wildman–Crippen LogP) is 3.58. The minimum absolute atomic E-state index is 0.0752. The molecule has 0 amide bonds. The van der Waals surface area contributed by atoms with Crippen LogP contribution >= 0.6 is 0 Å². The average Bonchev–Trinajstić information content (AvgIpc) is 3.16. The average molecular weight is 336 g/mol. The first kappa shape index (κ1) is 15.6. The Morgan fingerprint density at radius 2 is 2.16 bits per heavy atom. The Labute approximate surface area is 145 Å². The van der Waals surface area contributed by atoms with E-state index >= 15 is 0 Å². The van der Waals surface area contributed by atoms with E-state index in [0.29, 0.717) is 41.0 Å². The smallest absolute Gasteiger partial charge is 0.262 e. The number of para-hydroxylation sites is 1. The third-order valence-electron chi connectivity index (χ3n) is 4.66. The summed E-state index contributed by atoms with van der Waals surface area (Å²) in [6, 6.07) is 11.2. The van der Waals surface area contributed by atoms with Gasteiger partial charge in [-0.05, 0) is 43.5 Å². The molecule has 2 aromatic heterocycles. The summed E-state index contributed by atoms with van der Waals surface area (Å²) >= 11 is 0. The fraction of sp³-hybridized carbons (Fsp3) is 0.316. The Balaban J connectivity index is 1.58. The van der Waals surface area contributed by atoms with E-state index in [1.54, 1.807) is 16.8 Å². The van der Waals surface area contributed by atoms with Gasteiger partial charge in [0.25, 0.3) is 5.56 Å². The largest absolute Gasteiger partial charge is 0.460 e. The lowest BCUT2D eigenvalue weighted by molar-refractivity contribution is 0.500. The lowest BCUT2D eigenvalue weighted by atomic mass is 10.2. The van der Waals surface area contributed by atoms with Crippen molar-refractivity contribution in [3.8, 4) is 0 Å². The van der Waals surface area contributed by atoms with Gasteiger partial charge in [-0.25, -0.2) is 10.4 Å². The molecule has 2 atom stereocenters. The monoisotopic (exact) mass is 336 g/mol. The molecule has 6 nitrogen and oxygen atoms in total. The lowest BCUT2D eigenvalue weighted by Gasteiger charge is -2.10. The van der Waals surface area contributed by atoms with Crippen molar-refractivity contribution in [2.24, 2.45) is 11.0 Å². The molecular formula is C19H20N4O2. The van der Waals surface area contributed by atoms with Gasteiger partial charge >= 0.3 is 0 Å². The molecule has 4 rings (SSSR count). The molecule has 2 heterocycles. The van der Waals surface area contributed by atoms with E-state index in [9.17, 15) is 4.79 Å². The van der Waals surface area contributed by atoms with Gasteiger partial charge in [-0.2, -0.15) is 5.10 Å². The van der Waals surface area contributed by atoms with Crippen LogP contribution in [0.25, 0.3) is 10.9 Å². The van der Waals surface area contributed by atoms with E-state index in [1.165, 1.54) is 6.42 Å². The van der Waals surface area contributed by atoms with E-state index in [2.05, 4.69) is 22.4 Å². The van der Waals surface area contributed by atoms with Crippen LogP contribution in [0.2, 0.25) is 0 Å². The summed E-state index contributed by atoms with van der Waals surface area (Å²) in [5.41, 5.74) is 3.45. The molecule has 3 aromatic rings. The Kier molecular flexibility index (Phi) is 3.87. The van der Waals surface area contributed by atoms with Crippen LogP contribution in [-0.2, 0) is 6.54 Å². The van der Waals surface area contributed by atoms with Gasteiger partial charge in [0, 0.05) is 12.5 Å². The molecule has 1 aliphatic carbocycles. The third-order valence-corrected chi connectivity index (χ3v) is 4.66. The van der Waals surface area contributed by atoms with Crippen LogP contribution in [0.15, 0.2) is 50.7 Å². The molecule has 1 aromatic carbocycles. The SMILES string of the molecule is CCn1c(N/N=C\c2ccc([C@@H]3C[C@@H]3C)o2)nc2ccccc2c1=O. The summed E-state index contributed by atoms with van der Waals surface area (Å²) in [6.07, 6.45) is 2.80. The van der Waals surface area contributed by atoms with Crippen molar-refractivity contribution in [1.82, 2.24) is 9.55 Å².